The molecule has 148 valence electrons. The topological polar surface area (TPSA) is 59.2 Å². The Hall–Kier alpha value is -1.63. The highest BCUT2D eigenvalue weighted by Crippen LogP contribution is 2.38. The van der Waals surface area contributed by atoms with E-state index in [1.807, 2.05) is 6.20 Å². The predicted molar refractivity (Wildman–Crippen MR) is 112 cm³/mol. The van der Waals surface area contributed by atoms with Crippen LogP contribution in [0, 0.1) is 0 Å². The summed E-state index contributed by atoms with van der Waals surface area (Å²) in [5.74, 6) is 1.06. The molecular weight excluding hydrogens is 349 g/mol. The first-order chi connectivity index (χ1) is 13.4. The second-order valence-electron chi connectivity index (χ2n) is 9.43. The summed E-state index contributed by atoms with van der Waals surface area (Å²) in [6.07, 6.45) is 7.76. The van der Waals surface area contributed by atoms with Gasteiger partial charge in [-0.05, 0) is 82.9 Å². The monoisotopic (exact) mass is 379 g/mol. The van der Waals surface area contributed by atoms with Crippen molar-refractivity contribution in [2.45, 2.75) is 77.0 Å². The summed E-state index contributed by atoms with van der Waals surface area (Å²) >= 11 is 0. The number of fused-ring (bicyclic) bond motifs is 1. The third-order valence-corrected chi connectivity index (χ3v) is 7.10. The van der Waals surface area contributed by atoms with Crippen LogP contribution in [0.2, 0.25) is 0 Å². The number of nitrogens with zero attached hydrogens (tertiary/aromatic N) is 1. The van der Waals surface area contributed by atoms with Gasteiger partial charge in [0.25, 0.3) is 0 Å². The molecule has 0 radical (unpaired) electrons. The smallest absolute Gasteiger partial charge is 0.399 e. The zero-order valence-corrected chi connectivity index (χ0v) is 17.4. The molecule has 2 fully saturated rings. The first-order valence-corrected chi connectivity index (χ1v) is 10.6. The Balaban J connectivity index is 1.49. The molecule has 2 aromatic rings. The number of hydrogen-bond acceptors (Lipinski definition) is 4. The fourth-order valence-corrected chi connectivity index (χ4v) is 4.75. The van der Waals surface area contributed by atoms with E-state index in [2.05, 4.69) is 55.1 Å². The standard InChI is InChI=1S/C22H30BN3O2/c1-21(2)22(3,4)28-23(27-21)17-11-10-16(14-7-5-8-15(14)17)19-13-25-20(26-19)18-9-6-12-24-18/h10-11,13,18,24H,5-9,12H2,1-4H3,(H,25,26). The van der Waals surface area contributed by atoms with Crippen LogP contribution in [0.5, 0.6) is 0 Å². The van der Waals surface area contributed by atoms with Gasteiger partial charge in [-0.2, -0.15) is 0 Å². The molecule has 6 heteroatoms. The van der Waals surface area contributed by atoms with Gasteiger partial charge in [0.1, 0.15) is 5.82 Å². The molecule has 0 saturated carbocycles. The van der Waals surface area contributed by atoms with E-state index in [9.17, 15) is 0 Å². The summed E-state index contributed by atoms with van der Waals surface area (Å²) in [5.41, 5.74) is 5.83. The van der Waals surface area contributed by atoms with Gasteiger partial charge in [-0.1, -0.05) is 12.1 Å². The van der Waals surface area contributed by atoms with Crippen LogP contribution in [0.25, 0.3) is 11.3 Å². The number of imidazole rings is 1. The molecule has 28 heavy (non-hydrogen) atoms. The molecule has 2 N–H and O–H groups in total. The van der Waals surface area contributed by atoms with E-state index in [0.29, 0.717) is 6.04 Å². The highest BCUT2D eigenvalue weighted by molar-refractivity contribution is 6.62. The average Bonchev–Trinajstić information content (AvgIpc) is 3.41. The van der Waals surface area contributed by atoms with Crippen molar-refractivity contribution in [1.29, 1.82) is 0 Å². The Morgan fingerprint density at radius 3 is 2.50 bits per heavy atom. The van der Waals surface area contributed by atoms with E-state index in [0.717, 1.165) is 37.3 Å². The van der Waals surface area contributed by atoms with Crippen LogP contribution in [0.15, 0.2) is 18.3 Å². The van der Waals surface area contributed by atoms with Crippen molar-refractivity contribution in [2.75, 3.05) is 6.54 Å². The van der Waals surface area contributed by atoms with E-state index in [1.165, 1.54) is 35.0 Å². The first kappa shape index (κ1) is 18.4. The van der Waals surface area contributed by atoms with Crippen molar-refractivity contribution in [1.82, 2.24) is 15.3 Å². The van der Waals surface area contributed by atoms with E-state index in [1.54, 1.807) is 0 Å². The minimum absolute atomic E-state index is 0.286. The fourth-order valence-electron chi connectivity index (χ4n) is 4.75. The fraction of sp³-hybridized carbons (Fsp3) is 0.591. The van der Waals surface area contributed by atoms with E-state index >= 15 is 0 Å². The van der Waals surface area contributed by atoms with E-state index in [4.69, 9.17) is 9.31 Å². The Labute approximate surface area is 167 Å². The number of aromatic nitrogens is 2. The lowest BCUT2D eigenvalue weighted by Gasteiger charge is -2.32. The molecule has 1 atom stereocenters. The summed E-state index contributed by atoms with van der Waals surface area (Å²) < 4.78 is 12.7. The molecule has 5 rings (SSSR count). The molecule has 3 heterocycles. The summed E-state index contributed by atoms with van der Waals surface area (Å²) in [7, 11) is -0.286. The number of aromatic amines is 1. The van der Waals surface area contributed by atoms with Crippen LogP contribution in [-0.2, 0) is 22.2 Å². The lowest BCUT2D eigenvalue weighted by molar-refractivity contribution is 0.00578. The van der Waals surface area contributed by atoms with Crippen LogP contribution in [0.1, 0.15) is 70.0 Å². The second-order valence-corrected chi connectivity index (χ2v) is 9.43. The maximum absolute atomic E-state index is 6.34. The van der Waals surface area contributed by atoms with Gasteiger partial charge >= 0.3 is 7.12 Å². The van der Waals surface area contributed by atoms with Crippen LogP contribution in [0.4, 0.5) is 0 Å². The van der Waals surface area contributed by atoms with E-state index < -0.39 is 0 Å². The molecule has 1 aromatic carbocycles. The highest BCUT2D eigenvalue weighted by Gasteiger charge is 2.52. The van der Waals surface area contributed by atoms with Crippen molar-refractivity contribution >= 4 is 12.6 Å². The van der Waals surface area contributed by atoms with Gasteiger partial charge in [0.2, 0.25) is 0 Å². The van der Waals surface area contributed by atoms with Crippen LogP contribution >= 0.6 is 0 Å². The molecule has 3 aliphatic rings. The normalized spacial score (nSPS) is 25.4. The SMILES string of the molecule is CC1(C)OB(c2ccc(-c3cnc(C4CCCN4)[nH]3)c3c2CCC3)OC1(C)C. The highest BCUT2D eigenvalue weighted by atomic mass is 16.7. The molecule has 1 unspecified atom stereocenters. The molecule has 0 spiro atoms. The molecule has 1 aromatic heterocycles. The quantitative estimate of drug-likeness (QED) is 0.804. The maximum atomic E-state index is 6.34. The van der Waals surface area contributed by atoms with Gasteiger partial charge in [0, 0.05) is 5.56 Å². The van der Waals surface area contributed by atoms with E-state index in [-0.39, 0.29) is 18.3 Å². The third kappa shape index (κ3) is 2.85. The average molecular weight is 379 g/mol. The Bertz CT molecular complexity index is 883. The van der Waals surface area contributed by atoms with Gasteiger partial charge in [-0.15, -0.1) is 0 Å². The number of benzene rings is 1. The van der Waals surface area contributed by atoms with Crippen molar-refractivity contribution < 1.29 is 9.31 Å². The molecular formula is C22H30BN3O2. The molecule has 0 amide bonds. The Morgan fingerprint density at radius 1 is 1.04 bits per heavy atom. The minimum Gasteiger partial charge on any atom is -0.399 e. The third-order valence-electron chi connectivity index (χ3n) is 7.10. The summed E-state index contributed by atoms with van der Waals surface area (Å²) in [6.45, 7) is 9.55. The number of H-pyrrole nitrogens is 1. The number of rotatable bonds is 3. The number of hydrogen-bond donors (Lipinski definition) is 2. The van der Waals surface area contributed by atoms with Crippen molar-refractivity contribution in [2.24, 2.45) is 0 Å². The lowest BCUT2D eigenvalue weighted by atomic mass is 9.74. The number of nitrogens with one attached hydrogen (secondary N) is 2. The molecule has 1 aliphatic carbocycles. The Morgan fingerprint density at radius 2 is 1.79 bits per heavy atom. The van der Waals surface area contributed by atoms with Crippen LogP contribution in [-0.4, -0.2) is 34.8 Å². The van der Waals surface area contributed by atoms with Gasteiger partial charge in [0.15, 0.2) is 0 Å². The molecule has 0 bridgehead atoms. The Kier molecular flexibility index (Phi) is 4.24. The lowest BCUT2D eigenvalue weighted by Crippen LogP contribution is -2.41. The first-order valence-electron chi connectivity index (χ1n) is 10.6. The van der Waals surface area contributed by atoms with Crippen molar-refractivity contribution in [3.8, 4) is 11.3 Å². The zero-order valence-electron chi connectivity index (χ0n) is 17.4. The minimum atomic E-state index is -0.311. The zero-order chi connectivity index (χ0) is 19.5. The summed E-state index contributed by atoms with van der Waals surface area (Å²) in [5, 5.41) is 3.52. The van der Waals surface area contributed by atoms with Crippen molar-refractivity contribution in [3.63, 3.8) is 0 Å². The maximum Gasteiger partial charge on any atom is 0.495 e. The van der Waals surface area contributed by atoms with Crippen molar-refractivity contribution in [3.05, 3.63) is 35.3 Å². The van der Waals surface area contributed by atoms with Gasteiger partial charge in [0.05, 0.1) is 29.1 Å². The van der Waals surface area contributed by atoms with Gasteiger partial charge in [-0.25, -0.2) is 4.98 Å². The summed E-state index contributed by atoms with van der Waals surface area (Å²) in [4.78, 5) is 8.25. The molecule has 2 saturated heterocycles. The van der Waals surface area contributed by atoms with Gasteiger partial charge in [-0.3, -0.25) is 0 Å². The predicted octanol–water partition coefficient (Wildman–Crippen LogP) is 3.29. The summed E-state index contributed by atoms with van der Waals surface area (Å²) in [6, 6.07) is 4.80. The molecule has 5 nitrogen and oxygen atoms in total. The van der Waals surface area contributed by atoms with Crippen LogP contribution in [0.3, 0.4) is 0 Å². The second kappa shape index (κ2) is 6.44. The largest absolute Gasteiger partial charge is 0.495 e. The van der Waals surface area contributed by atoms with Gasteiger partial charge < -0.3 is 19.6 Å². The molecule has 2 aliphatic heterocycles. The van der Waals surface area contributed by atoms with Crippen LogP contribution < -0.4 is 10.8 Å².